The van der Waals surface area contributed by atoms with Crippen LogP contribution >= 0.6 is 11.3 Å². The Morgan fingerprint density at radius 1 is 1.08 bits per heavy atom. The summed E-state index contributed by atoms with van der Waals surface area (Å²) in [7, 11) is 0. The molecule has 1 amide bonds. The first kappa shape index (κ1) is 18.0. The summed E-state index contributed by atoms with van der Waals surface area (Å²) in [4.78, 5) is 16.3. The Hall–Kier alpha value is -2.80. The smallest absolute Gasteiger partial charge is 0.257 e. The van der Waals surface area contributed by atoms with Gasteiger partial charge >= 0.3 is 0 Å². The van der Waals surface area contributed by atoms with Crippen molar-refractivity contribution in [2.45, 2.75) is 26.2 Å². The number of nitrogens with zero attached hydrogens (tertiary/aromatic N) is 3. The molecule has 0 bridgehead atoms. The van der Waals surface area contributed by atoms with Crippen LogP contribution in [-0.2, 0) is 0 Å². The minimum absolute atomic E-state index is 0.222. The second-order valence-electron chi connectivity index (χ2n) is 5.68. The highest BCUT2D eigenvalue weighted by molar-refractivity contribution is 7.18. The van der Waals surface area contributed by atoms with Crippen molar-refractivity contribution >= 4 is 22.4 Å². The average molecular weight is 368 g/mol. The zero-order valence-electron chi connectivity index (χ0n) is 14.5. The summed E-state index contributed by atoms with van der Waals surface area (Å²) in [6, 6.07) is 10.8. The highest BCUT2D eigenvalue weighted by Crippen LogP contribution is 2.26. The molecule has 0 unspecified atom stereocenters. The summed E-state index contributed by atoms with van der Waals surface area (Å²) in [5.41, 5.74) is 1.47. The second kappa shape index (κ2) is 9.05. The topological polar surface area (TPSA) is 77.0 Å². The van der Waals surface area contributed by atoms with Crippen LogP contribution in [0, 0.1) is 0 Å². The van der Waals surface area contributed by atoms with E-state index in [2.05, 4.69) is 27.4 Å². The van der Waals surface area contributed by atoms with Gasteiger partial charge in [0, 0.05) is 23.5 Å². The third-order valence-electron chi connectivity index (χ3n) is 3.71. The van der Waals surface area contributed by atoms with Crippen molar-refractivity contribution in [2.24, 2.45) is 0 Å². The van der Waals surface area contributed by atoms with Gasteiger partial charge in [-0.25, -0.2) is 0 Å². The Morgan fingerprint density at radius 2 is 1.85 bits per heavy atom. The minimum atomic E-state index is -0.222. The lowest BCUT2D eigenvalue weighted by Crippen LogP contribution is -2.11. The number of aromatic nitrogens is 3. The number of hydrogen-bond donors (Lipinski definition) is 1. The average Bonchev–Trinajstić information content (AvgIpc) is 3.15. The van der Waals surface area contributed by atoms with Crippen molar-refractivity contribution < 1.29 is 9.53 Å². The van der Waals surface area contributed by atoms with Gasteiger partial charge in [-0.15, -0.1) is 10.2 Å². The molecule has 7 heteroatoms. The maximum atomic E-state index is 12.3. The van der Waals surface area contributed by atoms with Crippen LogP contribution in [-0.4, -0.2) is 27.7 Å². The van der Waals surface area contributed by atoms with Gasteiger partial charge in [-0.2, -0.15) is 0 Å². The number of unbranched alkanes of at least 4 members (excludes halogenated alkanes) is 2. The molecule has 0 fully saturated rings. The van der Waals surface area contributed by atoms with Crippen LogP contribution in [0.25, 0.3) is 10.6 Å². The van der Waals surface area contributed by atoms with E-state index in [0.29, 0.717) is 17.3 Å². The van der Waals surface area contributed by atoms with E-state index in [1.54, 1.807) is 24.5 Å². The summed E-state index contributed by atoms with van der Waals surface area (Å²) < 4.78 is 5.66. The molecule has 134 valence electrons. The Morgan fingerprint density at radius 3 is 2.58 bits per heavy atom. The van der Waals surface area contributed by atoms with Gasteiger partial charge in [0.15, 0.2) is 0 Å². The molecule has 2 heterocycles. The van der Waals surface area contributed by atoms with Crippen molar-refractivity contribution in [1.29, 1.82) is 0 Å². The summed E-state index contributed by atoms with van der Waals surface area (Å²) in [6.07, 6.45) is 6.75. The zero-order chi connectivity index (χ0) is 18.2. The van der Waals surface area contributed by atoms with Crippen LogP contribution < -0.4 is 10.1 Å². The largest absolute Gasteiger partial charge is 0.494 e. The molecule has 0 aliphatic rings. The quantitative estimate of drug-likeness (QED) is 0.596. The molecular formula is C19H20N4O2S. The molecule has 6 nitrogen and oxygen atoms in total. The van der Waals surface area contributed by atoms with Gasteiger partial charge in [-0.1, -0.05) is 31.1 Å². The number of amides is 1. The number of ether oxygens (including phenoxy) is 1. The predicted octanol–water partition coefficient (Wildman–Crippen LogP) is 4.42. The van der Waals surface area contributed by atoms with Gasteiger partial charge in [-0.05, 0) is 42.8 Å². The molecule has 1 N–H and O–H groups in total. The monoisotopic (exact) mass is 368 g/mol. The van der Waals surface area contributed by atoms with E-state index >= 15 is 0 Å². The number of pyridine rings is 1. The summed E-state index contributed by atoms with van der Waals surface area (Å²) in [5.74, 6) is 0.550. The van der Waals surface area contributed by atoms with Crippen LogP contribution in [0.2, 0.25) is 0 Å². The van der Waals surface area contributed by atoms with Crippen LogP contribution in [0.5, 0.6) is 5.75 Å². The molecular weight excluding hydrogens is 348 g/mol. The fraction of sp³-hybridized carbons (Fsp3) is 0.263. The highest BCUT2D eigenvalue weighted by Gasteiger charge is 2.11. The van der Waals surface area contributed by atoms with Gasteiger partial charge in [0.05, 0.1) is 6.61 Å². The van der Waals surface area contributed by atoms with Crippen LogP contribution in [0.1, 0.15) is 36.5 Å². The van der Waals surface area contributed by atoms with Gasteiger partial charge in [0.25, 0.3) is 5.91 Å². The third kappa shape index (κ3) is 4.86. The van der Waals surface area contributed by atoms with Crippen molar-refractivity contribution in [3.8, 4) is 16.3 Å². The lowest BCUT2D eigenvalue weighted by atomic mass is 10.2. The van der Waals surface area contributed by atoms with Gasteiger partial charge < -0.3 is 4.74 Å². The normalized spacial score (nSPS) is 10.5. The van der Waals surface area contributed by atoms with E-state index in [1.807, 2.05) is 24.3 Å². The van der Waals surface area contributed by atoms with Crippen molar-refractivity contribution in [3.63, 3.8) is 0 Å². The molecule has 0 saturated heterocycles. The molecule has 0 spiro atoms. The Labute approximate surface area is 156 Å². The van der Waals surface area contributed by atoms with Crippen LogP contribution in [0.15, 0.2) is 48.8 Å². The maximum absolute atomic E-state index is 12.3. The summed E-state index contributed by atoms with van der Waals surface area (Å²) in [5, 5.41) is 12.1. The van der Waals surface area contributed by atoms with Crippen molar-refractivity contribution in [3.05, 3.63) is 54.4 Å². The molecule has 3 rings (SSSR count). The zero-order valence-corrected chi connectivity index (χ0v) is 15.3. The molecule has 0 atom stereocenters. The lowest BCUT2D eigenvalue weighted by Gasteiger charge is -2.06. The standard InChI is InChI=1S/C19H20N4O2S/c1-2-3-4-13-25-16-7-5-14(6-8-16)17(24)21-19-23-22-18(26-19)15-9-11-20-12-10-15/h5-12H,2-4,13H2,1H3,(H,21,23,24). The van der Waals surface area contributed by atoms with Gasteiger partial charge in [0.2, 0.25) is 5.13 Å². The number of nitrogens with one attached hydrogen (secondary N) is 1. The Balaban J connectivity index is 1.57. The first-order chi connectivity index (χ1) is 12.8. The molecule has 0 radical (unpaired) electrons. The van der Waals surface area contributed by atoms with Crippen molar-refractivity contribution in [1.82, 2.24) is 15.2 Å². The fourth-order valence-electron chi connectivity index (χ4n) is 2.30. The number of carbonyl (C=O) groups is 1. The van der Waals surface area contributed by atoms with Gasteiger partial charge in [-0.3, -0.25) is 15.1 Å². The predicted molar refractivity (Wildman–Crippen MR) is 103 cm³/mol. The van der Waals surface area contributed by atoms with Gasteiger partial charge in [0.1, 0.15) is 10.8 Å². The summed E-state index contributed by atoms with van der Waals surface area (Å²) in [6.45, 7) is 2.85. The number of hydrogen-bond acceptors (Lipinski definition) is 6. The van der Waals surface area contributed by atoms with E-state index in [4.69, 9.17) is 4.74 Å². The van der Waals surface area contributed by atoms with Crippen LogP contribution in [0.3, 0.4) is 0 Å². The highest BCUT2D eigenvalue weighted by atomic mass is 32.1. The first-order valence-corrected chi connectivity index (χ1v) is 9.36. The first-order valence-electron chi connectivity index (χ1n) is 8.54. The second-order valence-corrected chi connectivity index (χ2v) is 6.66. The van der Waals surface area contributed by atoms with E-state index < -0.39 is 0 Å². The molecule has 26 heavy (non-hydrogen) atoms. The molecule has 0 aliphatic carbocycles. The molecule has 0 aliphatic heterocycles. The van der Waals surface area contributed by atoms with E-state index in [1.165, 1.54) is 11.3 Å². The molecule has 1 aromatic carbocycles. The van der Waals surface area contributed by atoms with E-state index in [9.17, 15) is 4.79 Å². The third-order valence-corrected chi connectivity index (χ3v) is 4.59. The van der Waals surface area contributed by atoms with E-state index in [-0.39, 0.29) is 5.91 Å². The lowest BCUT2D eigenvalue weighted by molar-refractivity contribution is 0.102. The SMILES string of the molecule is CCCCCOc1ccc(C(=O)Nc2nnc(-c3ccncc3)s2)cc1. The number of benzene rings is 1. The fourth-order valence-corrected chi connectivity index (χ4v) is 3.04. The number of anilines is 1. The molecule has 0 saturated carbocycles. The number of carbonyl (C=O) groups excluding carboxylic acids is 1. The summed E-state index contributed by atoms with van der Waals surface area (Å²) >= 11 is 1.32. The number of rotatable bonds is 8. The molecule has 2 aromatic heterocycles. The minimum Gasteiger partial charge on any atom is -0.494 e. The Bertz CT molecular complexity index is 834. The maximum Gasteiger partial charge on any atom is 0.257 e. The molecule has 3 aromatic rings. The Kier molecular flexibility index (Phi) is 6.27. The van der Waals surface area contributed by atoms with Crippen LogP contribution in [0.4, 0.5) is 5.13 Å². The van der Waals surface area contributed by atoms with Crippen molar-refractivity contribution in [2.75, 3.05) is 11.9 Å². The van der Waals surface area contributed by atoms with E-state index in [0.717, 1.165) is 35.6 Å².